The third kappa shape index (κ3) is 8.26. The zero-order valence-corrected chi connectivity index (χ0v) is 19.6. The Hall–Kier alpha value is -2.84. The molecule has 0 saturated carbocycles. The summed E-state index contributed by atoms with van der Waals surface area (Å²) in [5, 5.41) is 9.29. The molecule has 0 saturated heterocycles. The van der Waals surface area contributed by atoms with E-state index in [1.165, 1.54) is 0 Å². The van der Waals surface area contributed by atoms with Crippen LogP contribution in [0.2, 0.25) is 0 Å². The van der Waals surface area contributed by atoms with Crippen molar-refractivity contribution in [3.8, 4) is 17.2 Å². The molecule has 0 radical (unpaired) electrons. The van der Waals surface area contributed by atoms with Gasteiger partial charge in [-0.15, -0.1) is 0 Å². The van der Waals surface area contributed by atoms with Crippen molar-refractivity contribution in [1.82, 2.24) is 16.0 Å². The van der Waals surface area contributed by atoms with Gasteiger partial charge < -0.3 is 34.9 Å². The van der Waals surface area contributed by atoms with Crippen LogP contribution in [0.3, 0.4) is 0 Å². The normalized spacial score (nSPS) is 12.1. The van der Waals surface area contributed by atoms with Gasteiger partial charge in [-0.2, -0.15) is 0 Å². The molecule has 0 fully saturated rings. The second kappa shape index (κ2) is 10.8. The van der Waals surface area contributed by atoms with Crippen molar-refractivity contribution in [1.29, 1.82) is 0 Å². The molecule has 0 aliphatic rings. The number of nitrogens with zero attached hydrogens (tertiary/aromatic N) is 1. The molecule has 9 heteroatoms. The van der Waals surface area contributed by atoms with E-state index in [0.29, 0.717) is 36.3 Å². The Balaban J connectivity index is 2.75. The Morgan fingerprint density at radius 3 is 1.97 bits per heavy atom. The first-order valence-electron chi connectivity index (χ1n) is 9.69. The van der Waals surface area contributed by atoms with Crippen molar-refractivity contribution in [2.45, 2.75) is 52.3 Å². The summed E-state index contributed by atoms with van der Waals surface area (Å²) in [5.41, 5.74) is -0.285. The lowest BCUT2D eigenvalue weighted by Crippen LogP contribution is -2.54. The van der Waals surface area contributed by atoms with E-state index in [1.54, 1.807) is 40.5 Å². The van der Waals surface area contributed by atoms with Crippen LogP contribution >= 0.6 is 0 Å². The highest BCUT2D eigenvalue weighted by molar-refractivity contribution is 5.80. The summed E-state index contributed by atoms with van der Waals surface area (Å²) >= 11 is 0. The number of carbonyl (C=O) groups excluding carboxylic acids is 1. The smallest absolute Gasteiger partial charge is 0.408 e. The Morgan fingerprint density at radius 2 is 1.53 bits per heavy atom. The Bertz CT molecular complexity index is 716. The number of hydrogen-bond acceptors (Lipinski definition) is 6. The van der Waals surface area contributed by atoms with E-state index in [9.17, 15) is 4.79 Å². The number of aliphatic imine (C=N–C) groups is 1. The third-order valence-electron chi connectivity index (χ3n) is 4.01. The van der Waals surface area contributed by atoms with Crippen LogP contribution in [0.4, 0.5) is 4.79 Å². The van der Waals surface area contributed by atoms with Gasteiger partial charge in [0.25, 0.3) is 0 Å². The number of nitrogens with one attached hydrogen (secondary N) is 3. The largest absolute Gasteiger partial charge is 0.496 e. The van der Waals surface area contributed by atoms with Crippen LogP contribution in [0.25, 0.3) is 0 Å². The first kappa shape index (κ1) is 25.2. The maximum Gasteiger partial charge on any atom is 0.408 e. The van der Waals surface area contributed by atoms with Gasteiger partial charge in [0.05, 0.1) is 39.0 Å². The zero-order chi connectivity index (χ0) is 22.9. The van der Waals surface area contributed by atoms with Crippen LogP contribution in [0.5, 0.6) is 17.2 Å². The number of guanidine groups is 1. The van der Waals surface area contributed by atoms with Gasteiger partial charge in [0.15, 0.2) is 5.96 Å². The monoisotopic (exact) mass is 424 g/mol. The van der Waals surface area contributed by atoms with Crippen LogP contribution in [-0.2, 0) is 11.3 Å². The number of benzene rings is 1. The van der Waals surface area contributed by atoms with Crippen molar-refractivity contribution in [3.63, 3.8) is 0 Å². The molecule has 0 aliphatic carbocycles. The molecular weight excluding hydrogens is 388 g/mol. The lowest BCUT2D eigenvalue weighted by atomic mass is 10.1. The average Bonchev–Trinajstić information content (AvgIpc) is 2.65. The van der Waals surface area contributed by atoms with E-state index in [0.717, 1.165) is 5.56 Å². The van der Waals surface area contributed by atoms with E-state index >= 15 is 0 Å². The molecule has 1 aromatic carbocycles. The molecule has 1 aromatic rings. The first-order chi connectivity index (χ1) is 13.9. The first-order valence-corrected chi connectivity index (χ1v) is 9.69. The van der Waals surface area contributed by atoms with Crippen molar-refractivity contribution in [2.24, 2.45) is 4.99 Å². The summed E-state index contributed by atoms with van der Waals surface area (Å²) in [6.07, 6.45) is -0.468. The number of methoxy groups -OCH3 is 3. The molecule has 30 heavy (non-hydrogen) atoms. The van der Waals surface area contributed by atoms with E-state index in [1.807, 2.05) is 34.6 Å². The van der Waals surface area contributed by atoms with E-state index in [4.69, 9.17) is 18.9 Å². The van der Waals surface area contributed by atoms with Gasteiger partial charge in [0.2, 0.25) is 0 Å². The molecule has 1 rings (SSSR count). The fourth-order valence-corrected chi connectivity index (χ4v) is 2.57. The minimum atomic E-state index is -0.560. The second-order valence-electron chi connectivity index (χ2n) is 8.30. The van der Waals surface area contributed by atoms with Crippen molar-refractivity contribution < 1.29 is 23.7 Å². The number of ether oxygens (including phenoxy) is 4. The van der Waals surface area contributed by atoms with Gasteiger partial charge in [0.1, 0.15) is 22.8 Å². The fraction of sp³-hybridized carbons (Fsp3) is 0.619. The molecule has 0 spiro atoms. The lowest BCUT2D eigenvalue weighted by Gasteiger charge is -2.29. The molecule has 0 bridgehead atoms. The standard InChI is InChI=1S/C21H36N4O5/c1-20(2,3)30-19(26)25-21(4,5)13-24-18(22-6)23-12-15-16(28-8)10-14(27-7)11-17(15)29-9/h10-11H,12-13H2,1-9H3,(H,25,26)(H2,22,23,24). The number of alkyl carbamates (subject to hydrolysis) is 1. The van der Waals surface area contributed by atoms with Crippen molar-refractivity contribution >= 4 is 12.1 Å². The fourth-order valence-electron chi connectivity index (χ4n) is 2.57. The van der Waals surface area contributed by atoms with Crippen molar-refractivity contribution in [3.05, 3.63) is 17.7 Å². The van der Waals surface area contributed by atoms with E-state index in [-0.39, 0.29) is 0 Å². The minimum Gasteiger partial charge on any atom is -0.496 e. The van der Waals surface area contributed by atoms with Crippen molar-refractivity contribution in [2.75, 3.05) is 34.9 Å². The maximum absolute atomic E-state index is 12.0. The van der Waals surface area contributed by atoms with Crippen LogP contribution in [0.15, 0.2) is 17.1 Å². The summed E-state index contributed by atoms with van der Waals surface area (Å²) in [4.78, 5) is 16.3. The van der Waals surface area contributed by atoms with Gasteiger partial charge in [-0.1, -0.05) is 0 Å². The molecule has 3 N–H and O–H groups in total. The number of hydrogen-bond donors (Lipinski definition) is 3. The topological polar surface area (TPSA) is 102 Å². The molecule has 0 unspecified atom stereocenters. The van der Waals surface area contributed by atoms with E-state index < -0.39 is 17.2 Å². The molecule has 0 heterocycles. The number of rotatable bonds is 8. The Morgan fingerprint density at radius 1 is 0.967 bits per heavy atom. The van der Waals surface area contributed by atoms with Crippen LogP contribution in [0, 0.1) is 0 Å². The maximum atomic E-state index is 12.0. The van der Waals surface area contributed by atoms with Gasteiger partial charge in [-0.3, -0.25) is 4.99 Å². The average molecular weight is 425 g/mol. The molecule has 170 valence electrons. The summed E-state index contributed by atoms with van der Waals surface area (Å²) < 4.78 is 21.5. The molecule has 0 aliphatic heterocycles. The van der Waals surface area contributed by atoms with Crippen LogP contribution in [0.1, 0.15) is 40.2 Å². The predicted octanol–water partition coefficient (Wildman–Crippen LogP) is 2.68. The summed E-state index contributed by atoms with van der Waals surface area (Å²) in [6.45, 7) is 10.1. The summed E-state index contributed by atoms with van der Waals surface area (Å²) in [6, 6.07) is 3.59. The lowest BCUT2D eigenvalue weighted by molar-refractivity contribution is 0.0474. The molecule has 0 atom stereocenters. The van der Waals surface area contributed by atoms with Gasteiger partial charge >= 0.3 is 6.09 Å². The predicted molar refractivity (Wildman–Crippen MR) is 118 cm³/mol. The third-order valence-corrected chi connectivity index (χ3v) is 4.01. The highest BCUT2D eigenvalue weighted by Gasteiger charge is 2.25. The molecular formula is C21H36N4O5. The van der Waals surface area contributed by atoms with Gasteiger partial charge in [0, 0.05) is 25.7 Å². The van der Waals surface area contributed by atoms with Crippen LogP contribution in [-0.4, -0.2) is 58.1 Å². The SMILES string of the molecule is CN=C(NCc1c(OC)cc(OC)cc1OC)NCC(C)(C)NC(=O)OC(C)(C)C. The zero-order valence-electron chi connectivity index (χ0n) is 19.6. The summed E-state index contributed by atoms with van der Waals surface area (Å²) in [7, 11) is 6.45. The number of carbonyl (C=O) groups is 1. The molecule has 0 aromatic heterocycles. The number of amides is 1. The second-order valence-corrected chi connectivity index (χ2v) is 8.30. The molecule has 9 nitrogen and oxygen atoms in total. The Kier molecular flexibility index (Phi) is 9.07. The van der Waals surface area contributed by atoms with Crippen LogP contribution < -0.4 is 30.2 Å². The van der Waals surface area contributed by atoms with E-state index in [2.05, 4.69) is 20.9 Å². The summed E-state index contributed by atoms with van der Waals surface area (Å²) in [5.74, 6) is 2.49. The Labute approximate surface area is 179 Å². The molecule has 1 amide bonds. The highest BCUT2D eigenvalue weighted by Crippen LogP contribution is 2.33. The highest BCUT2D eigenvalue weighted by atomic mass is 16.6. The minimum absolute atomic E-state index is 0.413. The van der Waals surface area contributed by atoms with Gasteiger partial charge in [-0.25, -0.2) is 4.79 Å². The quantitative estimate of drug-likeness (QED) is 0.435. The van der Waals surface area contributed by atoms with Gasteiger partial charge in [-0.05, 0) is 34.6 Å².